The van der Waals surface area contributed by atoms with E-state index in [1.807, 2.05) is 6.08 Å². The summed E-state index contributed by atoms with van der Waals surface area (Å²) >= 11 is 0. The van der Waals surface area contributed by atoms with Crippen LogP contribution in [0.2, 0.25) is 0 Å². The van der Waals surface area contributed by atoms with Gasteiger partial charge in [-0.15, -0.1) is 6.58 Å². The molecule has 0 saturated carbocycles. The highest BCUT2D eigenvalue weighted by atomic mass is 15.1. The smallest absolute Gasteiger partial charge is 0.188 e. The monoisotopic (exact) mass is 183 g/mol. The van der Waals surface area contributed by atoms with Crippen molar-refractivity contribution < 1.29 is 0 Å². The second kappa shape index (κ2) is 6.52. The molecule has 0 heterocycles. The summed E-state index contributed by atoms with van der Waals surface area (Å²) in [6.45, 7) is 10.7. The molecule has 0 aliphatic rings. The first-order chi connectivity index (χ1) is 6.06. The van der Waals surface area contributed by atoms with Crippen LogP contribution < -0.4 is 11.1 Å². The Hall–Kier alpha value is -0.990. The van der Waals surface area contributed by atoms with Gasteiger partial charge in [0.2, 0.25) is 0 Å². The molecule has 0 bridgehead atoms. The molecule has 0 rings (SSSR count). The predicted octanol–water partition coefficient (Wildman–Crippen LogP) is 1.51. The van der Waals surface area contributed by atoms with Crippen LogP contribution in [-0.4, -0.2) is 18.5 Å². The van der Waals surface area contributed by atoms with Gasteiger partial charge in [0.1, 0.15) is 0 Å². The van der Waals surface area contributed by atoms with E-state index >= 15 is 0 Å². The van der Waals surface area contributed by atoms with E-state index in [4.69, 9.17) is 5.73 Å². The summed E-state index contributed by atoms with van der Waals surface area (Å²) in [6, 6.07) is 0.313. The third-order valence-corrected chi connectivity index (χ3v) is 1.54. The number of nitrogens with two attached hydrogens (primary N) is 1. The average molecular weight is 183 g/mol. The van der Waals surface area contributed by atoms with Gasteiger partial charge < -0.3 is 11.1 Å². The largest absolute Gasteiger partial charge is 0.370 e. The Morgan fingerprint density at radius 3 is 2.62 bits per heavy atom. The Labute approximate surface area is 81.1 Å². The zero-order chi connectivity index (χ0) is 10.3. The molecule has 0 aromatic carbocycles. The highest BCUT2D eigenvalue weighted by Crippen LogP contribution is 1.92. The van der Waals surface area contributed by atoms with Gasteiger partial charge in [-0.3, -0.25) is 4.99 Å². The predicted molar refractivity (Wildman–Crippen MR) is 58.7 cm³/mol. The number of hydrogen-bond acceptors (Lipinski definition) is 1. The molecule has 3 N–H and O–H groups in total. The van der Waals surface area contributed by atoms with Crippen molar-refractivity contribution in [2.45, 2.75) is 33.2 Å². The molecular formula is C10H21N3. The van der Waals surface area contributed by atoms with Crippen molar-refractivity contribution >= 4 is 5.96 Å². The standard InChI is InChI=1S/C10H21N3/c1-5-6-9(4)13-10(11)12-7-8(2)3/h5,8-9H,1,6-7H2,2-4H3,(H3,11,12,13). The lowest BCUT2D eigenvalue weighted by Crippen LogP contribution is -2.38. The van der Waals surface area contributed by atoms with Crippen LogP contribution in [0.15, 0.2) is 17.6 Å². The fraction of sp³-hybridized carbons (Fsp3) is 0.700. The van der Waals surface area contributed by atoms with Crippen LogP contribution in [0.4, 0.5) is 0 Å². The number of nitrogens with one attached hydrogen (secondary N) is 1. The van der Waals surface area contributed by atoms with Crippen molar-refractivity contribution in [3.8, 4) is 0 Å². The normalized spacial score (nSPS) is 14.3. The van der Waals surface area contributed by atoms with E-state index in [9.17, 15) is 0 Å². The van der Waals surface area contributed by atoms with Crippen molar-refractivity contribution in [1.29, 1.82) is 0 Å². The second-order valence-electron chi connectivity index (χ2n) is 3.69. The Bertz CT molecular complexity index is 173. The van der Waals surface area contributed by atoms with Gasteiger partial charge in [-0.2, -0.15) is 0 Å². The van der Waals surface area contributed by atoms with Crippen LogP contribution >= 0.6 is 0 Å². The van der Waals surface area contributed by atoms with Gasteiger partial charge in [-0.25, -0.2) is 0 Å². The number of aliphatic imine (C=N–C) groups is 1. The minimum Gasteiger partial charge on any atom is -0.370 e. The minimum atomic E-state index is 0.313. The molecule has 3 nitrogen and oxygen atoms in total. The van der Waals surface area contributed by atoms with Gasteiger partial charge in [0.05, 0.1) is 0 Å². The molecule has 0 aliphatic carbocycles. The quantitative estimate of drug-likeness (QED) is 0.385. The summed E-state index contributed by atoms with van der Waals surface area (Å²) in [5.74, 6) is 1.08. The molecule has 0 fully saturated rings. The highest BCUT2D eigenvalue weighted by molar-refractivity contribution is 5.78. The summed E-state index contributed by atoms with van der Waals surface area (Å²) in [6.07, 6.45) is 2.77. The fourth-order valence-electron chi connectivity index (χ4n) is 0.888. The molecule has 0 aromatic rings. The number of nitrogens with zero attached hydrogens (tertiary/aromatic N) is 1. The summed E-state index contributed by atoms with van der Waals surface area (Å²) in [5.41, 5.74) is 5.66. The summed E-state index contributed by atoms with van der Waals surface area (Å²) in [7, 11) is 0. The lowest BCUT2D eigenvalue weighted by Gasteiger charge is -2.12. The van der Waals surface area contributed by atoms with Crippen LogP contribution in [0, 0.1) is 5.92 Å². The van der Waals surface area contributed by atoms with E-state index < -0.39 is 0 Å². The maximum absolute atomic E-state index is 5.66. The molecule has 0 saturated heterocycles. The van der Waals surface area contributed by atoms with Crippen molar-refractivity contribution in [2.75, 3.05) is 6.54 Å². The van der Waals surface area contributed by atoms with Crippen LogP contribution in [0.25, 0.3) is 0 Å². The topological polar surface area (TPSA) is 50.4 Å². The Morgan fingerprint density at radius 2 is 2.15 bits per heavy atom. The summed E-state index contributed by atoms with van der Waals surface area (Å²) < 4.78 is 0. The van der Waals surface area contributed by atoms with Crippen molar-refractivity contribution in [1.82, 2.24) is 5.32 Å². The van der Waals surface area contributed by atoms with E-state index in [1.54, 1.807) is 0 Å². The van der Waals surface area contributed by atoms with Crippen molar-refractivity contribution in [2.24, 2.45) is 16.6 Å². The third-order valence-electron chi connectivity index (χ3n) is 1.54. The van der Waals surface area contributed by atoms with E-state index in [-0.39, 0.29) is 0 Å². The van der Waals surface area contributed by atoms with Crippen molar-refractivity contribution in [3.05, 3.63) is 12.7 Å². The van der Waals surface area contributed by atoms with E-state index in [1.165, 1.54) is 0 Å². The minimum absolute atomic E-state index is 0.313. The highest BCUT2D eigenvalue weighted by Gasteiger charge is 1.99. The molecule has 13 heavy (non-hydrogen) atoms. The van der Waals surface area contributed by atoms with Crippen molar-refractivity contribution in [3.63, 3.8) is 0 Å². The number of rotatable bonds is 5. The molecular weight excluding hydrogens is 162 g/mol. The third kappa shape index (κ3) is 7.37. The van der Waals surface area contributed by atoms with Gasteiger partial charge >= 0.3 is 0 Å². The molecule has 0 amide bonds. The second-order valence-corrected chi connectivity index (χ2v) is 3.69. The first-order valence-corrected chi connectivity index (χ1v) is 4.73. The molecule has 1 unspecified atom stereocenters. The Kier molecular flexibility index (Phi) is 6.02. The molecule has 0 spiro atoms. The maximum Gasteiger partial charge on any atom is 0.188 e. The van der Waals surface area contributed by atoms with E-state index in [0.29, 0.717) is 17.9 Å². The zero-order valence-corrected chi connectivity index (χ0v) is 8.88. The zero-order valence-electron chi connectivity index (χ0n) is 8.88. The van der Waals surface area contributed by atoms with Gasteiger partial charge in [0.15, 0.2) is 5.96 Å². The number of guanidine groups is 1. The summed E-state index contributed by atoms with van der Waals surface area (Å²) in [4.78, 5) is 4.19. The van der Waals surface area contributed by atoms with Gasteiger partial charge in [-0.1, -0.05) is 19.9 Å². The molecule has 76 valence electrons. The average Bonchev–Trinajstić information content (AvgIpc) is 2.01. The van der Waals surface area contributed by atoms with Gasteiger partial charge in [0.25, 0.3) is 0 Å². The van der Waals surface area contributed by atoms with Crippen LogP contribution in [0.3, 0.4) is 0 Å². The molecule has 0 aromatic heterocycles. The van der Waals surface area contributed by atoms with Crippen LogP contribution in [0.5, 0.6) is 0 Å². The molecule has 0 radical (unpaired) electrons. The fourth-order valence-corrected chi connectivity index (χ4v) is 0.888. The molecule has 3 heteroatoms. The molecule has 1 atom stereocenters. The first kappa shape index (κ1) is 12.0. The lowest BCUT2D eigenvalue weighted by molar-refractivity contribution is 0.642. The summed E-state index contributed by atoms with van der Waals surface area (Å²) in [5, 5.41) is 3.09. The van der Waals surface area contributed by atoms with E-state index in [2.05, 4.69) is 37.7 Å². The maximum atomic E-state index is 5.66. The van der Waals surface area contributed by atoms with Crippen LogP contribution in [0.1, 0.15) is 27.2 Å². The number of hydrogen-bond donors (Lipinski definition) is 2. The SMILES string of the molecule is C=CCC(C)NC(N)=NCC(C)C. The first-order valence-electron chi connectivity index (χ1n) is 4.73. The molecule has 0 aliphatic heterocycles. The lowest BCUT2D eigenvalue weighted by atomic mass is 10.2. The van der Waals surface area contributed by atoms with Crippen LogP contribution in [-0.2, 0) is 0 Å². The Balaban J connectivity index is 3.76. The van der Waals surface area contributed by atoms with E-state index in [0.717, 1.165) is 13.0 Å². The van der Waals surface area contributed by atoms with Gasteiger partial charge in [-0.05, 0) is 19.3 Å². The van der Waals surface area contributed by atoms with Gasteiger partial charge in [0, 0.05) is 12.6 Å². The Morgan fingerprint density at radius 1 is 1.54 bits per heavy atom.